The molecule has 0 bridgehead atoms. The molecular formula is C15H20N4O. The Morgan fingerprint density at radius 1 is 1.40 bits per heavy atom. The molecule has 1 saturated heterocycles. The van der Waals surface area contributed by atoms with E-state index < -0.39 is 0 Å². The number of aldehydes is 1. The van der Waals surface area contributed by atoms with E-state index in [1.54, 1.807) is 6.07 Å². The summed E-state index contributed by atoms with van der Waals surface area (Å²) < 4.78 is 1.95. The molecule has 5 heteroatoms. The van der Waals surface area contributed by atoms with Crippen molar-refractivity contribution in [1.29, 1.82) is 0 Å². The monoisotopic (exact) mass is 272 g/mol. The van der Waals surface area contributed by atoms with E-state index in [0.29, 0.717) is 17.5 Å². The maximum atomic E-state index is 10.9. The third-order valence-electron chi connectivity index (χ3n) is 4.15. The Hall–Kier alpha value is -1.75. The lowest BCUT2D eigenvalue weighted by atomic mass is 10.0. The molecule has 0 aromatic carbocycles. The van der Waals surface area contributed by atoms with E-state index in [9.17, 15) is 4.79 Å². The van der Waals surface area contributed by atoms with Crippen molar-refractivity contribution >= 4 is 11.9 Å². The van der Waals surface area contributed by atoms with Crippen LogP contribution < -0.4 is 0 Å². The Morgan fingerprint density at radius 3 is 2.95 bits per heavy atom. The van der Waals surface area contributed by atoms with Crippen LogP contribution in [0.15, 0.2) is 18.3 Å². The van der Waals surface area contributed by atoms with Crippen LogP contribution in [0.25, 0.3) is 5.65 Å². The van der Waals surface area contributed by atoms with E-state index in [4.69, 9.17) is 0 Å². The topological polar surface area (TPSA) is 50.5 Å². The predicted octanol–water partition coefficient (Wildman–Crippen LogP) is 1.81. The lowest BCUT2D eigenvalue weighted by Gasteiger charge is -2.20. The number of rotatable bonds is 4. The van der Waals surface area contributed by atoms with Crippen molar-refractivity contribution in [1.82, 2.24) is 19.5 Å². The van der Waals surface area contributed by atoms with Crippen molar-refractivity contribution in [2.75, 3.05) is 13.1 Å². The van der Waals surface area contributed by atoms with Gasteiger partial charge in [0, 0.05) is 30.8 Å². The van der Waals surface area contributed by atoms with Gasteiger partial charge >= 0.3 is 0 Å². The quantitative estimate of drug-likeness (QED) is 0.797. The highest BCUT2D eigenvalue weighted by molar-refractivity contribution is 5.74. The van der Waals surface area contributed by atoms with Gasteiger partial charge in [-0.05, 0) is 44.9 Å². The summed E-state index contributed by atoms with van der Waals surface area (Å²) in [6, 6.07) is 4.23. The summed E-state index contributed by atoms with van der Waals surface area (Å²) in [7, 11) is 0. The first kappa shape index (κ1) is 13.2. The lowest BCUT2D eigenvalue weighted by molar-refractivity contribution is 0.112. The molecule has 0 N–H and O–H groups in total. The second-order valence-electron chi connectivity index (χ2n) is 5.87. The molecule has 2 aromatic heterocycles. The third kappa shape index (κ3) is 2.45. The van der Waals surface area contributed by atoms with Crippen LogP contribution in [0, 0.1) is 5.92 Å². The first-order chi connectivity index (χ1) is 9.67. The molecule has 5 nitrogen and oxygen atoms in total. The fourth-order valence-electron chi connectivity index (χ4n) is 2.92. The van der Waals surface area contributed by atoms with Gasteiger partial charge in [0.2, 0.25) is 0 Å². The summed E-state index contributed by atoms with van der Waals surface area (Å²) >= 11 is 0. The molecule has 106 valence electrons. The molecule has 0 spiro atoms. The fraction of sp³-hybridized carbons (Fsp3) is 0.533. The zero-order valence-corrected chi connectivity index (χ0v) is 12.0. The van der Waals surface area contributed by atoms with Gasteiger partial charge < -0.3 is 4.90 Å². The number of hydrogen-bond acceptors (Lipinski definition) is 4. The Kier molecular flexibility index (Phi) is 3.53. The average Bonchev–Trinajstić information content (AvgIpc) is 3.06. The largest absolute Gasteiger partial charge is 0.301 e. The van der Waals surface area contributed by atoms with Crippen LogP contribution in [0.1, 0.15) is 36.5 Å². The number of fused-ring (bicyclic) bond motifs is 1. The summed E-state index contributed by atoms with van der Waals surface area (Å²) in [6.07, 6.45) is 4.82. The van der Waals surface area contributed by atoms with Crippen molar-refractivity contribution in [3.05, 3.63) is 29.7 Å². The van der Waals surface area contributed by atoms with Gasteiger partial charge in [0.1, 0.15) is 5.82 Å². The SMILES string of the molecule is CC(C)N1CCC(Cc2nnc3ccc(C=O)cn23)C1. The molecule has 1 aliphatic rings. The van der Waals surface area contributed by atoms with E-state index in [1.165, 1.54) is 13.0 Å². The average molecular weight is 272 g/mol. The maximum absolute atomic E-state index is 10.9. The number of hydrogen-bond donors (Lipinski definition) is 0. The van der Waals surface area contributed by atoms with Crippen LogP contribution >= 0.6 is 0 Å². The Morgan fingerprint density at radius 2 is 2.25 bits per heavy atom. The fourth-order valence-corrected chi connectivity index (χ4v) is 2.92. The first-order valence-electron chi connectivity index (χ1n) is 7.20. The zero-order valence-electron chi connectivity index (χ0n) is 12.0. The number of pyridine rings is 1. The molecule has 0 radical (unpaired) electrons. The molecule has 0 amide bonds. The van der Waals surface area contributed by atoms with Crippen molar-refractivity contribution in [2.45, 2.75) is 32.7 Å². The van der Waals surface area contributed by atoms with E-state index >= 15 is 0 Å². The van der Waals surface area contributed by atoms with Crippen LogP contribution in [0.5, 0.6) is 0 Å². The van der Waals surface area contributed by atoms with E-state index in [1.807, 2.05) is 16.7 Å². The summed E-state index contributed by atoms with van der Waals surface area (Å²) in [4.78, 5) is 13.4. The van der Waals surface area contributed by atoms with Crippen molar-refractivity contribution in [3.8, 4) is 0 Å². The van der Waals surface area contributed by atoms with Gasteiger partial charge in [0.05, 0.1) is 0 Å². The van der Waals surface area contributed by atoms with E-state index in [2.05, 4.69) is 28.9 Å². The molecule has 20 heavy (non-hydrogen) atoms. The second kappa shape index (κ2) is 5.32. The van der Waals surface area contributed by atoms with Crippen LogP contribution in [-0.4, -0.2) is 44.9 Å². The summed E-state index contributed by atoms with van der Waals surface area (Å²) in [5.41, 5.74) is 1.47. The second-order valence-corrected chi connectivity index (χ2v) is 5.87. The summed E-state index contributed by atoms with van der Waals surface area (Å²) in [5.74, 6) is 1.59. The first-order valence-corrected chi connectivity index (χ1v) is 7.20. The van der Waals surface area contributed by atoms with Crippen LogP contribution in [-0.2, 0) is 6.42 Å². The number of likely N-dealkylation sites (tertiary alicyclic amines) is 1. The van der Waals surface area contributed by atoms with Gasteiger partial charge in [-0.3, -0.25) is 9.20 Å². The molecular weight excluding hydrogens is 252 g/mol. The predicted molar refractivity (Wildman–Crippen MR) is 76.9 cm³/mol. The lowest BCUT2D eigenvalue weighted by Crippen LogP contribution is -2.28. The summed E-state index contributed by atoms with van der Waals surface area (Å²) in [6.45, 7) is 6.77. The Balaban J connectivity index is 1.79. The van der Waals surface area contributed by atoms with Gasteiger partial charge in [0.25, 0.3) is 0 Å². The van der Waals surface area contributed by atoms with Crippen LogP contribution in [0.2, 0.25) is 0 Å². The standard InChI is InChI=1S/C15H20N4O/c1-11(2)18-6-5-12(8-18)7-15-17-16-14-4-3-13(10-20)9-19(14)15/h3-4,9-12H,5-8H2,1-2H3. The minimum absolute atomic E-state index is 0.608. The van der Waals surface area contributed by atoms with Gasteiger partial charge in [-0.1, -0.05) is 0 Å². The number of carbonyl (C=O) groups excluding carboxylic acids is 1. The Bertz CT molecular complexity index is 619. The molecule has 3 heterocycles. The molecule has 1 aliphatic heterocycles. The maximum Gasteiger partial charge on any atom is 0.160 e. The minimum atomic E-state index is 0.608. The molecule has 1 unspecified atom stereocenters. The van der Waals surface area contributed by atoms with Crippen molar-refractivity contribution < 1.29 is 4.79 Å². The van der Waals surface area contributed by atoms with Crippen LogP contribution in [0.3, 0.4) is 0 Å². The molecule has 0 aliphatic carbocycles. The Labute approximate surface area is 118 Å². The highest BCUT2D eigenvalue weighted by Crippen LogP contribution is 2.22. The van der Waals surface area contributed by atoms with E-state index in [0.717, 1.165) is 30.7 Å². The van der Waals surface area contributed by atoms with Crippen LogP contribution in [0.4, 0.5) is 0 Å². The smallest absolute Gasteiger partial charge is 0.160 e. The van der Waals surface area contributed by atoms with Crippen molar-refractivity contribution in [3.63, 3.8) is 0 Å². The molecule has 2 aromatic rings. The number of nitrogens with zero attached hydrogens (tertiary/aromatic N) is 4. The summed E-state index contributed by atoms with van der Waals surface area (Å²) in [5, 5.41) is 8.46. The molecule has 1 atom stereocenters. The molecule has 1 fully saturated rings. The van der Waals surface area contributed by atoms with E-state index in [-0.39, 0.29) is 0 Å². The van der Waals surface area contributed by atoms with Gasteiger partial charge in [-0.2, -0.15) is 0 Å². The normalized spacial score (nSPS) is 20.1. The zero-order chi connectivity index (χ0) is 14.1. The number of carbonyl (C=O) groups is 1. The molecule has 0 saturated carbocycles. The highest BCUT2D eigenvalue weighted by Gasteiger charge is 2.25. The van der Waals surface area contributed by atoms with Gasteiger partial charge in [0.15, 0.2) is 11.9 Å². The van der Waals surface area contributed by atoms with Crippen molar-refractivity contribution in [2.24, 2.45) is 5.92 Å². The minimum Gasteiger partial charge on any atom is -0.301 e. The highest BCUT2D eigenvalue weighted by atomic mass is 16.1. The third-order valence-corrected chi connectivity index (χ3v) is 4.15. The van der Waals surface area contributed by atoms with Gasteiger partial charge in [-0.25, -0.2) is 0 Å². The molecule has 3 rings (SSSR count). The number of aromatic nitrogens is 3. The van der Waals surface area contributed by atoms with Gasteiger partial charge in [-0.15, -0.1) is 10.2 Å².